The number of aliphatic hydroxyl groups excluding tert-OH is 2. The van der Waals surface area contributed by atoms with Crippen LogP contribution in [0, 0.1) is 36.5 Å². The van der Waals surface area contributed by atoms with Gasteiger partial charge in [0.2, 0.25) is 17.7 Å². The Morgan fingerprint density at radius 3 is 2.35 bits per heavy atom. The zero-order valence-corrected chi connectivity index (χ0v) is 32.0. The Labute approximate surface area is 321 Å². The van der Waals surface area contributed by atoms with Gasteiger partial charge in [-0.1, -0.05) is 68.4 Å². The van der Waals surface area contributed by atoms with E-state index in [1.807, 2.05) is 6.07 Å². The Morgan fingerprint density at radius 1 is 1.04 bits per heavy atom. The predicted molar refractivity (Wildman–Crippen MR) is 203 cm³/mol. The van der Waals surface area contributed by atoms with Crippen molar-refractivity contribution in [3.05, 3.63) is 52.5 Å². The lowest BCUT2D eigenvalue weighted by Gasteiger charge is -2.34. The van der Waals surface area contributed by atoms with E-state index >= 15 is 0 Å². The van der Waals surface area contributed by atoms with Gasteiger partial charge in [-0.15, -0.1) is 30.1 Å². The maximum absolute atomic E-state index is 14.3. The van der Waals surface area contributed by atoms with Gasteiger partial charge in [0.15, 0.2) is 0 Å². The molecule has 1 fully saturated rings. The molecule has 1 saturated carbocycles. The lowest BCUT2D eigenvalue weighted by atomic mass is 9.82. The van der Waals surface area contributed by atoms with Crippen molar-refractivity contribution in [2.75, 3.05) is 33.7 Å². The molecule has 1 aliphatic rings. The fraction of sp³-hybridized carbons (Fsp3) is 0.600. The molecule has 0 aliphatic heterocycles. The Hall–Kier alpha value is -3.95. The van der Waals surface area contributed by atoms with Crippen LogP contribution < -0.4 is 10.6 Å². The van der Waals surface area contributed by atoms with E-state index in [4.69, 9.17) is 12.8 Å². The number of hydrogen-bond donors (Lipinski definition) is 4. The number of amides is 3. The highest BCUT2D eigenvalue weighted by molar-refractivity contribution is 7.07. The van der Waals surface area contributed by atoms with Crippen molar-refractivity contribution in [3.8, 4) is 24.7 Å². The van der Waals surface area contributed by atoms with E-state index in [0.29, 0.717) is 25.0 Å². The van der Waals surface area contributed by atoms with Gasteiger partial charge in [-0.25, -0.2) is 4.98 Å². The van der Waals surface area contributed by atoms with Gasteiger partial charge in [-0.3, -0.25) is 19.3 Å². The van der Waals surface area contributed by atoms with Crippen LogP contribution in [-0.2, 0) is 20.8 Å². The summed E-state index contributed by atoms with van der Waals surface area (Å²) in [7, 11) is 2.78. The smallest absolute Gasteiger partial charge is 0.390 e. The minimum Gasteiger partial charge on any atom is -0.390 e. The Morgan fingerprint density at radius 2 is 1.74 bits per heavy atom. The molecule has 0 bridgehead atoms. The molecular weight excluding hydrogens is 720 g/mol. The molecule has 0 saturated heterocycles. The number of nitrogens with zero attached hydrogens (tertiary/aromatic N) is 3. The summed E-state index contributed by atoms with van der Waals surface area (Å²) >= 11 is 1.26. The number of aliphatic hydroxyl groups is 2. The number of benzene rings is 1. The molecule has 1 aliphatic carbocycles. The van der Waals surface area contributed by atoms with E-state index in [0.717, 1.165) is 42.6 Å². The third-order valence-electron chi connectivity index (χ3n) is 9.94. The number of terminal acetylenes is 2. The van der Waals surface area contributed by atoms with Crippen LogP contribution in [0.25, 0.3) is 0 Å². The summed E-state index contributed by atoms with van der Waals surface area (Å²) in [6, 6.07) is 6.77. The number of carbonyl (C=O) groups is 3. The van der Waals surface area contributed by atoms with Crippen LogP contribution in [0.4, 0.5) is 13.2 Å². The predicted octanol–water partition coefficient (Wildman–Crippen LogP) is 4.53. The van der Waals surface area contributed by atoms with Crippen molar-refractivity contribution in [2.45, 2.75) is 107 Å². The second-order valence-corrected chi connectivity index (χ2v) is 15.0. The largest absolute Gasteiger partial charge is 0.401 e. The summed E-state index contributed by atoms with van der Waals surface area (Å²) in [6.45, 7) is -1.17. The van der Waals surface area contributed by atoms with Crippen molar-refractivity contribution in [3.63, 3.8) is 0 Å². The van der Waals surface area contributed by atoms with Gasteiger partial charge in [0.1, 0.15) is 6.04 Å². The minimum atomic E-state index is -4.39. The number of alkyl halides is 3. The molecule has 14 heteroatoms. The quantitative estimate of drug-likeness (QED) is 0.108. The van der Waals surface area contributed by atoms with Crippen molar-refractivity contribution >= 4 is 29.1 Å². The number of thiazole rings is 1. The minimum absolute atomic E-state index is 0.00158. The summed E-state index contributed by atoms with van der Waals surface area (Å²) in [5.74, 6) is 1.55. The lowest BCUT2D eigenvalue weighted by molar-refractivity contribution is -0.144. The number of likely N-dealkylation sites (N-methyl/N-ethyl adjacent to an activating group) is 2. The molecule has 4 N–H and O–H groups in total. The maximum Gasteiger partial charge on any atom is 0.401 e. The highest BCUT2D eigenvalue weighted by Crippen LogP contribution is 2.29. The molecule has 1 aromatic carbocycles. The molecule has 54 heavy (non-hydrogen) atoms. The van der Waals surface area contributed by atoms with Gasteiger partial charge in [-0.2, -0.15) is 13.2 Å². The Kier molecular flexibility index (Phi) is 18.5. The summed E-state index contributed by atoms with van der Waals surface area (Å²) in [6.07, 6.45) is 10.9. The van der Waals surface area contributed by atoms with Crippen LogP contribution in [0.2, 0.25) is 0 Å². The number of halogens is 3. The zero-order valence-electron chi connectivity index (χ0n) is 31.1. The summed E-state index contributed by atoms with van der Waals surface area (Å²) in [5.41, 5.74) is 2.68. The van der Waals surface area contributed by atoms with E-state index in [9.17, 15) is 37.8 Å². The van der Waals surface area contributed by atoms with Gasteiger partial charge in [-0.05, 0) is 44.2 Å². The topological polar surface area (TPSA) is 135 Å². The molecule has 1 aromatic heterocycles. The molecule has 1 unspecified atom stereocenters. The van der Waals surface area contributed by atoms with Gasteiger partial charge >= 0.3 is 6.18 Å². The number of hydrogen-bond acceptors (Lipinski definition) is 8. The fourth-order valence-corrected chi connectivity index (χ4v) is 7.43. The first-order valence-electron chi connectivity index (χ1n) is 18.5. The van der Waals surface area contributed by atoms with Crippen LogP contribution in [0.1, 0.15) is 81.4 Å². The third kappa shape index (κ3) is 15.1. The monoisotopic (exact) mass is 773 g/mol. The molecule has 10 nitrogen and oxygen atoms in total. The van der Waals surface area contributed by atoms with Crippen molar-refractivity contribution in [1.82, 2.24) is 25.4 Å². The molecule has 3 amide bonds. The number of unbranched alkanes of at least 4 members (excludes halogenated alkanes) is 1. The Bertz CT molecular complexity index is 1520. The van der Waals surface area contributed by atoms with Crippen LogP contribution in [0.15, 0.2) is 41.2 Å². The van der Waals surface area contributed by atoms with Crippen LogP contribution in [0.5, 0.6) is 0 Å². The van der Waals surface area contributed by atoms with Gasteiger partial charge in [0.25, 0.3) is 0 Å². The van der Waals surface area contributed by atoms with E-state index < -0.39 is 66.6 Å². The fourth-order valence-electron chi connectivity index (χ4n) is 6.84. The molecular formula is C40H54F3N5O5S. The summed E-state index contributed by atoms with van der Waals surface area (Å²) in [5, 5.41) is 29.7. The van der Waals surface area contributed by atoms with Crippen molar-refractivity contribution < 1.29 is 37.8 Å². The highest BCUT2D eigenvalue weighted by Gasteiger charge is 2.38. The average Bonchev–Trinajstić information content (AvgIpc) is 3.67. The van der Waals surface area contributed by atoms with Crippen molar-refractivity contribution in [2.24, 2.45) is 11.8 Å². The second kappa shape index (κ2) is 22.4. The number of rotatable bonds is 21. The van der Waals surface area contributed by atoms with E-state index in [1.54, 1.807) is 35.2 Å². The second-order valence-electron chi connectivity index (χ2n) is 14.3. The van der Waals surface area contributed by atoms with Crippen LogP contribution in [-0.4, -0.2) is 107 Å². The molecule has 1 heterocycles. The highest BCUT2D eigenvalue weighted by atomic mass is 32.1. The van der Waals surface area contributed by atoms with Gasteiger partial charge in [0, 0.05) is 38.4 Å². The average molecular weight is 774 g/mol. The molecule has 0 radical (unpaired) electrons. The van der Waals surface area contributed by atoms with Gasteiger partial charge in [0.05, 0.1) is 47.8 Å². The van der Waals surface area contributed by atoms with Crippen LogP contribution in [0.3, 0.4) is 0 Å². The number of nitrogens with one attached hydrogen (secondary N) is 2. The first-order valence-corrected chi connectivity index (χ1v) is 19.4. The first kappa shape index (κ1) is 44.4. The molecule has 2 aromatic rings. The summed E-state index contributed by atoms with van der Waals surface area (Å²) < 4.78 is 38.6. The van der Waals surface area contributed by atoms with Gasteiger partial charge < -0.3 is 25.7 Å². The first-order chi connectivity index (χ1) is 25.7. The maximum atomic E-state index is 14.3. The molecule has 3 rings (SSSR count). The van der Waals surface area contributed by atoms with E-state index in [1.165, 1.54) is 30.3 Å². The molecule has 6 atom stereocenters. The van der Waals surface area contributed by atoms with E-state index in [2.05, 4.69) is 27.5 Å². The SMILES string of the molecule is C#CCCC[C@H](O)[C@H](O)[C@H](CC1CCCCC1)NC(=O)[C@@H](NC(=O)[C@@H](CC(=O)N(C)CCN(C)CC(F)(F)F)Cc1ccccc1)C(C#C)c1cscn1. The van der Waals surface area contributed by atoms with Crippen LogP contribution >= 0.6 is 11.3 Å². The standard InChI is InChI=1S/C40H54F3N5O5S/c1-5-7-10-19-34(49)37(51)32(23-29-17-13-9-14-18-29)45-39(53)36(31(6-2)33-25-54-27-44-33)46-38(52)30(22-28-15-11-8-12-16-28)24-35(50)48(4)21-20-47(3)26-40(41,42)43/h1-2,8,11-12,15-16,25,27,29-32,34,36-37,49,51H,7,9-10,13-14,17-24,26H2,3-4H3,(H,45,53)(H,46,52)/t30-,31?,32+,34+,36+,37-/m1/s1. The van der Waals surface area contributed by atoms with Crippen molar-refractivity contribution in [1.29, 1.82) is 0 Å². The third-order valence-corrected chi connectivity index (χ3v) is 10.5. The molecule has 0 spiro atoms. The molecule has 296 valence electrons. The summed E-state index contributed by atoms with van der Waals surface area (Å²) in [4.78, 5) is 48.7. The zero-order chi connectivity index (χ0) is 39.7. The number of carbonyl (C=O) groups excluding carboxylic acids is 3. The number of aromatic nitrogens is 1. The van der Waals surface area contributed by atoms with E-state index in [-0.39, 0.29) is 38.3 Å². The lowest BCUT2D eigenvalue weighted by Crippen LogP contribution is -2.57. The Balaban J connectivity index is 1.89. The normalized spacial score (nSPS) is 16.9.